The minimum Gasteiger partial charge on any atom is -0.492 e. The summed E-state index contributed by atoms with van der Waals surface area (Å²) in [4.78, 5) is 10.7. The van der Waals surface area contributed by atoms with Crippen molar-refractivity contribution in [2.24, 2.45) is 7.05 Å². The summed E-state index contributed by atoms with van der Waals surface area (Å²) in [6.07, 6.45) is 1.90. The van der Waals surface area contributed by atoms with E-state index in [1.807, 2.05) is 19.3 Å². The van der Waals surface area contributed by atoms with Crippen molar-refractivity contribution < 1.29 is 14.6 Å². The molecule has 6 heteroatoms. The third-order valence-corrected chi connectivity index (χ3v) is 2.72. The molecule has 0 aliphatic carbocycles. The van der Waals surface area contributed by atoms with Gasteiger partial charge in [-0.3, -0.25) is 4.68 Å². The molecule has 0 atom stereocenters. The van der Waals surface area contributed by atoms with E-state index in [4.69, 9.17) is 9.84 Å². The first-order chi connectivity index (χ1) is 9.65. The normalized spacial score (nSPS) is 10.4. The number of benzene rings is 1. The van der Waals surface area contributed by atoms with Gasteiger partial charge in [0.2, 0.25) is 0 Å². The second-order valence-corrected chi connectivity index (χ2v) is 4.34. The Morgan fingerprint density at radius 1 is 1.35 bits per heavy atom. The molecular formula is C14H17N3O3. The van der Waals surface area contributed by atoms with Gasteiger partial charge in [0, 0.05) is 26.3 Å². The van der Waals surface area contributed by atoms with Crippen LogP contribution in [0.3, 0.4) is 0 Å². The van der Waals surface area contributed by atoms with Crippen LogP contribution < -0.4 is 10.1 Å². The van der Waals surface area contributed by atoms with Crippen molar-refractivity contribution in [3.8, 4) is 5.75 Å². The Balaban J connectivity index is 1.66. The van der Waals surface area contributed by atoms with Gasteiger partial charge in [0.25, 0.3) is 0 Å². The predicted octanol–water partition coefficient (Wildman–Crippen LogP) is 1.29. The summed E-state index contributed by atoms with van der Waals surface area (Å²) >= 11 is 0. The molecule has 1 aromatic heterocycles. The highest BCUT2D eigenvalue weighted by Crippen LogP contribution is 2.11. The van der Waals surface area contributed by atoms with Gasteiger partial charge in [-0.1, -0.05) is 0 Å². The van der Waals surface area contributed by atoms with Gasteiger partial charge in [-0.2, -0.15) is 5.10 Å². The van der Waals surface area contributed by atoms with Gasteiger partial charge in [0.1, 0.15) is 12.4 Å². The summed E-state index contributed by atoms with van der Waals surface area (Å²) in [6.45, 7) is 1.90. The van der Waals surface area contributed by atoms with Crippen LogP contribution in [0.5, 0.6) is 5.75 Å². The second-order valence-electron chi connectivity index (χ2n) is 4.34. The van der Waals surface area contributed by atoms with E-state index in [1.54, 1.807) is 16.8 Å². The van der Waals surface area contributed by atoms with E-state index in [9.17, 15) is 4.79 Å². The minimum atomic E-state index is -0.937. The lowest BCUT2D eigenvalue weighted by Crippen LogP contribution is -2.20. The van der Waals surface area contributed by atoms with Gasteiger partial charge in [0.05, 0.1) is 11.3 Å². The molecule has 0 aliphatic heterocycles. The maximum Gasteiger partial charge on any atom is 0.335 e. The molecule has 6 nitrogen and oxygen atoms in total. The number of nitrogens with zero attached hydrogens (tertiary/aromatic N) is 2. The largest absolute Gasteiger partial charge is 0.492 e. The topological polar surface area (TPSA) is 76.4 Å². The number of nitrogens with one attached hydrogen (secondary N) is 1. The summed E-state index contributed by atoms with van der Waals surface area (Å²) in [5.41, 5.74) is 1.24. The molecule has 0 saturated heterocycles. The van der Waals surface area contributed by atoms with Gasteiger partial charge in [-0.25, -0.2) is 4.79 Å². The molecule has 2 N–H and O–H groups in total. The molecular weight excluding hydrogens is 258 g/mol. The summed E-state index contributed by atoms with van der Waals surface area (Å²) in [5, 5.41) is 16.2. The van der Waals surface area contributed by atoms with Crippen molar-refractivity contribution in [1.29, 1.82) is 0 Å². The fourth-order valence-corrected chi connectivity index (χ4v) is 1.71. The zero-order valence-corrected chi connectivity index (χ0v) is 11.2. The minimum absolute atomic E-state index is 0.255. The lowest BCUT2D eigenvalue weighted by molar-refractivity contribution is 0.0697. The standard InChI is InChI=1S/C14H17N3O3/c1-17-8-6-12(16-17)10-15-7-9-20-13-4-2-11(3-5-13)14(18)19/h2-6,8,15H,7,9-10H2,1H3,(H,18,19). The molecule has 106 valence electrons. The Morgan fingerprint density at radius 3 is 2.70 bits per heavy atom. The highest BCUT2D eigenvalue weighted by atomic mass is 16.5. The number of aromatic carboxylic acids is 1. The number of ether oxygens (including phenoxy) is 1. The Bertz CT molecular complexity index is 563. The first kappa shape index (κ1) is 14.1. The highest BCUT2D eigenvalue weighted by molar-refractivity contribution is 5.87. The molecule has 0 radical (unpaired) electrons. The lowest BCUT2D eigenvalue weighted by Gasteiger charge is -2.07. The van der Waals surface area contributed by atoms with E-state index in [0.717, 1.165) is 5.69 Å². The van der Waals surface area contributed by atoms with Crippen molar-refractivity contribution in [3.05, 3.63) is 47.8 Å². The van der Waals surface area contributed by atoms with Gasteiger partial charge >= 0.3 is 5.97 Å². The highest BCUT2D eigenvalue weighted by Gasteiger charge is 2.02. The molecule has 1 heterocycles. The number of carboxylic acid groups (broad SMARTS) is 1. The van der Waals surface area contributed by atoms with Gasteiger partial charge in [-0.05, 0) is 30.3 Å². The van der Waals surface area contributed by atoms with Gasteiger partial charge < -0.3 is 15.2 Å². The fraction of sp³-hybridized carbons (Fsp3) is 0.286. The van der Waals surface area contributed by atoms with Crippen molar-refractivity contribution in [3.63, 3.8) is 0 Å². The molecule has 20 heavy (non-hydrogen) atoms. The number of carboxylic acids is 1. The SMILES string of the molecule is Cn1ccc(CNCCOc2ccc(C(=O)O)cc2)n1. The van der Waals surface area contributed by atoms with E-state index in [2.05, 4.69) is 10.4 Å². The summed E-state index contributed by atoms with van der Waals surface area (Å²) in [7, 11) is 1.88. The Labute approximate surface area is 117 Å². The third kappa shape index (κ3) is 4.10. The van der Waals surface area contributed by atoms with E-state index < -0.39 is 5.97 Å². The first-order valence-electron chi connectivity index (χ1n) is 6.30. The molecule has 0 fully saturated rings. The van der Waals surface area contributed by atoms with E-state index >= 15 is 0 Å². The molecule has 1 aromatic carbocycles. The second kappa shape index (κ2) is 6.72. The molecule has 0 saturated carbocycles. The van der Waals surface area contributed by atoms with Crippen molar-refractivity contribution in [1.82, 2.24) is 15.1 Å². The van der Waals surface area contributed by atoms with Crippen LogP contribution >= 0.6 is 0 Å². The molecule has 0 amide bonds. The van der Waals surface area contributed by atoms with Crippen LogP contribution in [-0.2, 0) is 13.6 Å². The molecule has 2 aromatic rings. The van der Waals surface area contributed by atoms with Crippen LogP contribution in [0.15, 0.2) is 36.5 Å². The van der Waals surface area contributed by atoms with E-state index in [-0.39, 0.29) is 5.56 Å². The number of aryl methyl sites for hydroxylation is 1. The van der Waals surface area contributed by atoms with Crippen LogP contribution in [0.25, 0.3) is 0 Å². The van der Waals surface area contributed by atoms with Crippen LogP contribution in [0.4, 0.5) is 0 Å². The van der Waals surface area contributed by atoms with Crippen LogP contribution in [0.2, 0.25) is 0 Å². The molecule has 0 unspecified atom stereocenters. The van der Waals surface area contributed by atoms with Gasteiger partial charge in [-0.15, -0.1) is 0 Å². The van der Waals surface area contributed by atoms with Gasteiger partial charge in [0.15, 0.2) is 0 Å². The number of carbonyl (C=O) groups is 1. The zero-order valence-electron chi connectivity index (χ0n) is 11.2. The van der Waals surface area contributed by atoms with Crippen LogP contribution in [-0.4, -0.2) is 34.0 Å². The zero-order chi connectivity index (χ0) is 14.4. The molecule has 0 spiro atoms. The number of hydrogen-bond acceptors (Lipinski definition) is 4. The molecule has 0 bridgehead atoms. The van der Waals surface area contributed by atoms with E-state index in [1.165, 1.54) is 12.1 Å². The molecule has 2 rings (SSSR count). The fourth-order valence-electron chi connectivity index (χ4n) is 1.71. The maximum absolute atomic E-state index is 10.7. The number of rotatable bonds is 7. The summed E-state index contributed by atoms with van der Waals surface area (Å²) in [5.74, 6) is -0.275. The summed E-state index contributed by atoms with van der Waals surface area (Å²) < 4.78 is 7.26. The van der Waals surface area contributed by atoms with E-state index in [0.29, 0.717) is 25.4 Å². The van der Waals surface area contributed by atoms with Crippen LogP contribution in [0.1, 0.15) is 16.1 Å². The maximum atomic E-state index is 10.7. The Morgan fingerprint density at radius 2 is 2.10 bits per heavy atom. The van der Waals surface area contributed by atoms with Crippen molar-refractivity contribution in [2.45, 2.75) is 6.54 Å². The number of aromatic nitrogens is 2. The van der Waals surface area contributed by atoms with Crippen LogP contribution in [0, 0.1) is 0 Å². The van der Waals surface area contributed by atoms with Crippen molar-refractivity contribution in [2.75, 3.05) is 13.2 Å². The first-order valence-corrected chi connectivity index (χ1v) is 6.30. The predicted molar refractivity (Wildman–Crippen MR) is 73.8 cm³/mol. The lowest BCUT2D eigenvalue weighted by atomic mass is 10.2. The summed E-state index contributed by atoms with van der Waals surface area (Å²) in [6, 6.07) is 8.32. The smallest absolute Gasteiger partial charge is 0.335 e. The monoisotopic (exact) mass is 275 g/mol. The Kier molecular flexibility index (Phi) is 4.73. The third-order valence-electron chi connectivity index (χ3n) is 2.72. The quantitative estimate of drug-likeness (QED) is 0.745. The number of hydrogen-bond donors (Lipinski definition) is 2. The average Bonchev–Trinajstić information content (AvgIpc) is 2.84. The average molecular weight is 275 g/mol. The van der Waals surface area contributed by atoms with Crippen molar-refractivity contribution >= 4 is 5.97 Å². The molecule has 0 aliphatic rings. The Hall–Kier alpha value is -2.34.